The lowest BCUT2D eigenvalue weighted by Crippen LogP contribution is -2.08. The molecular formula is C20H17ClN2O2S. The number of H-pyrrole nitrogens is 1. The summed E-state index contributed by atoms with van der Waals surface area (Å²) in [4.78, 5) is 15.2. The molecule has 0 aliphatic carbocycles. The van der Waals surface area contributed by atoms with Crippen LogP contribution in [0, 0.1) is 0 Å². The van der Waals surface area contributed by atoms with Crippen molar-refractivity contribution in [1.29, 1.82) is 0 Å². The van der Waals surface area contributed by atoms with Crippen molar-refractivity contribution in [3.05, 3.63) is 62.7 Å². The lowest BCUT2D eigenvalue weighted by atomic mass is 9.95. The van der Waals surface area contributed by atoms with Gasteiger partial charge in [0.05, 0.1) is 10.5 Å². The van der Waals surface area contributed by atoms with Crippen molar-refractivity contribution in [2.45, 2.75) is 19.4 Å². The molecule has 1 atom stereocenters. The Hall–Kier alpha value is -2.34. The summed E-state index contributed by atoms with van der Waals surface area (Å²) in [6.45, 7) is 2.04. The van der Waals surface area contributed by atoms with Gasteiger partial charge in [0.2, 0.25) is 0 Å². The molecular weight excluding hydrogens is 368 g/mol. The maximum atomic E-state index is 12.3. The molecule has 0 saturated heterocycles. The van der Waals surface area contributed by atoms with Crippen LogP contribution >= 0.6 is 22.9 Å². The van der Waals surface area contributed by atoms with Gasteiger partial charge in [0.25, 0.3) is 5.56 Å². The van der Waals surface area contributed by atoms with E-state index in [0.29, 0.717) is 20.8 Å². The first-order valence-corrected chi connectivity index (χ1v) is 9.57. The number of pyridine rings is 1. The summed E-state index contributed by atoms with van der Waals surface area (Å²) < 4.78 is 0.616. The van der Waals surface area contributed by atoms with Crippen molar-refractivity contribution >= 4 is 43.9 Å². The van der Waals surface area contributed by atoms with Crippen LogP contribution in [0.3, 0.4) is 0 Å². The molecule has 2 aromatic heterocycles. The van der Waals surface area contributed by atoms with Crippen LogP contribution in [0.15, 0.2) is 46.6 Å². The highest BCUT2D eigenvalue weighted by Gasteiger charge is 2.18. The number of aromatic hydroxyl groups is 1. The predicted octanol–water partition coefficient (Wildman–Crippen LogP) is 5.18. The molecule has 2 heterocycles. The number of nitrogens with two attached hydrogens (primary N) is 1. The summed E-state index contributed by atoms with van der Waals surface area (Å²) in [5, 5.41) is 14.4. The van der Waals surface area contributed by atoms with Crippen LogP contribution < -0.4 is 11.3 Å². The van der Waals surface area contributed by atoms with E-state index in [1.807, 2.05) is 42.6 Å². The van der Waals surface area contributed by atoms with E-state index in [1.54, 1.807) is 0 Å². The van der Waals surface area contributed by atoms with E-state index in [2.05, 4.69) is 4.98 Å². The van der Waals surface area contributed by atoms with Gasteiger partial charge in [-0.3, -0.25) is 4.79 Å². The molecule has 1 unspecified atom stereocenters. The van der Waals surface area contributed by atoms with Gasteiger partial charge in [-0.05, 0) is 29.0 Å². The molecule has 4 aromatic rings. The molecule has 0 fully saturated rings. The number of hydrogen-bond acceptors (Lipinski definition) is 4. The fraction of sp³-hybridized carbons (Fsp3) is 0.150. The van der Waals surface area contributed by atoms with Crippen molar-refractivity contribution in [2.75, 3.05) is 0 Å². The highest BCUT2D eigenvalue weighted by atomic mass is 35.5. The number of phenols is 1. The van der Waals surface area contributed by atoms with E-state index >= 15 is 0 Å². The average molecular weight is 385 g/mol. The van der Waals surface area contributed by atoms with E-state index in [0.717, 1.165) is 28.3 Å². The molecule has 0 spiro atoms. The first kappa shape index (κ1) is 17.1. The van der Waals surface area contributed by atoms with Crippen LogP contribution in [0.25, 0.3) is 32.1 Å². The average Bonchev–Trinajstić information content (AvgIpc) is 3.13. The van der Waals surface area contributed by atoms with Crippen molar-refractivity contribution in [1.82, 2.24) is 4.98 Å². The summed E-state index contributed by atoms with van der Waals surface area (Å²) in [6, 6.07) is 11.2. The smallest absolute Gasteiger partial charge is 0.266 e. The largest absolute Gasteiger partial charge is 0.507 e. The Morgan fingerprint density at radius 2 is 2.00 bits per heavy atom. The fourth-order valence-corrected chi connectivity index (χ4v) is 4.35. The lowest BCUT2D eigenvalue weighted by Gasteiger charge is -2.14. The summed E-state index contributed by atoms with van der Waals surface area (Å²) in [5.41, 5.74) is 8.99. The summed E-state index contributed by atoms with van der Waals surface area (Å²) in [5.74, 6) is 0.0783. The normalized spacial score (nSPS) is 12.7. The van der Waals surface area contributed by atoms with Gasteiger partial charge in [-0.25, -0.2) is 0 Å². The Labute approximate surface area is 158 Å². The lowest BCUT2D eigenvalue weighted by molar-refractivity contribution is 0.478. The number of benzene rings is 2. The SMILES string of the molecule is CCC(N)c1ccc(-c2c(O)cc(Cl)c3[nH]c(=O)c4sccc4c23)cc1. The quantitative estimate of drug-likeness (QED) is 0.455. The molecule has 0 bridgehead atoms. The number of halogens is 1. The van der Waals surface area contributed by atoms with Gasteiger partial charge < -0.3 is 15.8 Å². The Morgan fingerprint density at radius 1 is 1.27 bits per heavy atom. The molecule has 0 amide bonds. The van der Waals surface area contributed by atoms with Crippen LogP contribution in [0.2, 0.25) is 5.02 Å². The number of phenolic OH excluding ortho intramolecular Hbond substituents is 1. The minimum atomic E-state index is -0.176. The van der Waals surface area contributed by atoms with E-state index in [1.165, 1.54) is 17.4 Å². The number of aromatic amines is 1. The number of rotatable bonds is 3. The predicted molar refractivity (Wildman–Crippen MR) is 109 cm³/mol. The Kier molecular flexibility index (Phi) is 4.23. The number of hydrogen-bond donors (Lipinski definition) is 3. The van der Waals surface area contributed by atoms with Crippen LogP contribution in [0.1, 0.15) is 24.9 Å². The highest BCUT2D eigenvalue weighted by Crippen LogP contribution is 2.42. The molecule has 0 aliphatic rings. The third kappa shape index (κ3) is 2.60. The Balaban J connectivity index is 2.06. The molecule has 6 heteroatoms. The van der Waals surface area contributed by atoms with Gasteiger partial charge >= 0.3 is 0 Å². The van der Waals surface area contributed by atoms with Crippen LogP contribution in [0.4, 0.5) is 0 Å². The first-order valence-electron chi connectivity index (χ1n) is 8.31. The third-order valence-electron chi connectivity index (χ3n) is 4.71. The second-order valence-corrected chi connectivity index (χ2v) is 7.58. The van der Waals surface area contributed by atoms with Crippen molar-refractivity contribution < 1.29 is 5.11 Å². The van der Waals surface area contributed by atoms with Crippen LogP contribution in [-0.2, 0) is 0 Å². The van der Waals surface area contributed by atoms with Gasteiger partial charge in [0.15, 0.2) is 0 Å². The molecule has 0 aliphatic heterocycles. The Bertz CT molecular complexity index is 1180. The van der Waals surface area contributed by atoms with Crippen molar-refractivity contribution in [3.63, 3.8) is 0 Å². The van der Waals surface area contributed by atoms with Crippen LogP contribution in [0.5, 0.6) is 5.75 Å². The second-order valence-electron chi connectivity index (χ2n) is 6.26. The molecule has 26 heavy (non-hydrogen) atoms. The minimum absolute atomic E-state index is 0.0143. The number of nitrogens with one attached hydrogen (secondary N) is 1. The maximum Gasteiger partial charge on any atom is 0.266 e. The Morgan fingerprint density at radius 3 is 2.69 bits per heavy atom. The van der Waals surface area contributed by atoms with E-state index in [4.69, 9.17) is 17.3 Å². The standard InChI is InChI=1S/C20H17ClN2O2S/c1-2-14(22)10-3-5-11(6-4-10)16-15(24)9-13(21)18-17(16)12-7-8-26-19(12)20(25)23-18/h3-9,14,24H,2,22H2,1H3,(H,23,25). The van der Waals surface area contributed by atoms with Crippen molar-refractivity contribution in [3.8, 4) is 16.9 Å². The summed E-state index contributed by atoms with van der Waals surface area (Å²) in [6.07, 6.45) is 0.852. The highest BCUT2D eigenvalue weighted by molar-refractivity contribution is 7.17. The maximum absolute atomic E-state index is 12.3. The van der Waals surface area contributed by atoms with Crippen LogP contribution in [-0.4, -0.2) is 10.1 Å². The summed E-state index contributed by atoms with van der Waals surface area (Å²) in [7, 11) is 0. The van der Waals surface area contributed by atoms with Gasteiger partial charge in [0, 0.05) is 28.4 Å². The molecule has 132 valence electrons. The topological polar surface area (TPSA) is 79.1 Å². The zero-order valence-electron chi connectivity index (χ0n) is 14.0. The van der Waals surface area contributed by atoms with E-state index in [9.17, 15) is 9.90 Å². The zero-order valence-corrected chi connectivity index (χ0v) is 15.6. The van der Waals surface area contributed by atoms with Gasteiger partial charge in [-0.2, -0.15) is 0 Å². The number of aromatic nitrogens is 1. The minimum Gasteiger partial charge on any atom is -0.507 e. The first-order chi connectivity index (χ1) is 12.5. The van der Waals surface area contributed by atoms with Gasteiger partial charge in [-0.1, -0.05) is 42.8 Å². The number of thiophene rings is 1. The van der Waals surface area contributed by atoms with Gasteiger partial charge in [-0.15, -0.1) is 11.3 Å². The molecule has 4 rings (SSSR count). The molecule has 2 aromatic carbocycles. The summed E-state index contributed by atoms with van der Waals surface area (Å²) >= 11 is 7.67. The number of fused-ring (bicyclic) bond motifs is 3. The molecule has 4 nitrogen and oxygen atoms in total. The third-order valence-corrected chi connectivity index (χ3v) is 5.92. The zero-order chi connectivity index (χ0) is 18.4. The molecule has 0 saturated carbocycles. The fourth-order valence-electron chi connectivity index (χ4n) is 3.31. The molecule has 0 radical (unpaired) electrons. The monoisotopic (exact) mass is 384 g/mol. The molecule has 4 N–H and O–H groups in total. The van der Waals surface area contributed by atoms with Crippen molar-refractivity contribution in [2.24, 2.45) is 5.73 Å². The van der Waals surface area contributed by atoms with Gasteiger partial charge in [0.1, 0.15) is 10.4 Å². The van der Waals surface area contributed by atoms with E-state index < -0.39 is 0 Å². The second kappa shape index (κ2) is 6.43. The van der Waals surface area contributed by atoms with E-state index in [-0.39, 0.29) is 17.4 Å².